The quantitative estimate of drug-likeness (QED) is 0.405. The summed E-state index contributed by atoms with van der Waals surface area (Å²) in [6.07, 6.45) is 0. The molecule has 14 heavy (non-hydrogen) atoms. The van der Waals surface area contributed by atoms with E-state index in [1.54, 1.807) is 0 Å². The molecule has 0 aromatic heterocycles. The lowest BCUT2D eigenvalue weighted by molar-refractivity contribution is -0.0329. The number of alkyl halides is 3. The first-order chi connectivity index (χ1) is 6.29. The second-order valence-corrected chi connectivity index (χ2v) is 3.26. The highest BCUT2D eigenvalue weighted by atomic mass is 32.2. The maximum atomic E-state index is 12.6. The molecule has 0 saturated carbocycles. The molecule has 0 spiro atoms. The van der Waals surface area contributed by atoms with Crippen LogP contribution in [0.4, 0.5) is 26.3 Å². The van der Waals surface area contributed by atoms with Crippen LogP contribution in [0.3, 0.4) is 0 Å². The molecular formula is C7HF6S. The van der Waals surface area contributed by atoms with E-state index in [4.69, 9.17) is 0 Å². The second-order valence-electron chi connectivity index (χ2n) is 2.16. The van der Waals surface area contributed by atoms with E-state index in [1.165, 1.54) is 6.07 Å². The first kappa shape index (κ1) is 11.2. The second kappa shape index (κ2) is 3.72. The van der Waals surface area contributed by atoms with Gasteiger partial charge in [0.15, 0.2) is 11.6 Å². The van der Waals surface area contributed by atoms with Crippen LogP contribution in [0.15, 0.2) is 11.0 Å². The lowest BCUT2D eigenvalue weighted by Gasteiger charge is -2.06. The standard InChI is InChI=1S/C7HF6S/c8-3-1-4(9)6(10)5(2-3)14-7(11,12)13/h2H. The van der Waals surface area contributed by atoms with Gasteiger partial charge in [0.05, 0.1) is 11.0 Å². The number of hydrogen-bond donors (Lipinski definition) is 0. The normalized spacial score (nSPS) is 11.9. The van der Waals surface area contributed by atoms with E-state index in [0.29, 0.717) is 0 Å². The van der Waals surface area contributed by atoms with Crippen LogP contribution in [0.5, 0.6) is 0 Å². The Balaban J connectivity index is 3.09. The van der Waals surface area contributed by atoms with Gasteiger partial charge in [-0.05, 0) is 17.8 Å². The van der Waals surface area contributed by atoms with Crippen LogP contribution in [-0.4, -0.2) is 5.51 Å². The number of benzene rings is 1. The molecule has 0 heterocycles. The zero-order valence-electron chi connectivity index (χ0n) is 6.25. The fourth-order valence-electron chi connectivity index (χ4n) is 0.681. The van der Waals surface area contributed by atoms with Crippen molar-refractivity contribution in [2.75, 3.05) is 0 Å². The molecule has 0 nitrogen and oxygen atoms in total. The van der Waals surface area contributed by atoms with E-state index < -0.39 is 39.6 Å². The Bertz CT molecular complexity index is 345. The monoisotopic (exact) mass is 231 g/mol. The molecule has 1 aromatic carbocycles. The molecule has 77 valence electrons. The van der Waals surface area contributed by atoms with Crippen molar-refractivity contribution >= 4 is 11.8 Å². The molecule has 0 bridgehead atoms. The number of halogens is 6. The number of rotatable bonds is 1. The Morgan fingerprint density at radius 1 is 1.14 bits per heavy atom. The van der Waals surface area contributed by atoms with Crippen molar-refractivity contribution in [1.82, 2.24) is 0 Å². The first-order valence-corrected chi connectivity index (χ1v) is 3.94. The summed E-state index contributed by atoms with van der Waals surface area (Å²) in [6, 6.07) is 1.51. The molecule has 1 aromatic rings. The van der Waals surface area contributed by atoms with E-state index in [9.17, 15) is 26.3 Å². The van der Waals surface area contributed by atoms with Crippen LogP contribution in [0.1, 0.15) is 0 Å². The third kappa shape index (κ3) is 2.83. The number of thioether (sulfide) groups is 1. The fraction of sp³-hybridized carbons (Fsp3) is 0.143. The van der Waals surface area contributed by atoms with E-state index in [0.717, 1.165) is 0 Å². The van der Waals surface area contributed by atoms with Crippen LogP contribution in [0.2, 0.25) is 0 Å². The summed E-state index contributed by atoms with van der Waals surface area (Å²) in [5, 5.41) is 0. The topological polar surface area (TPSA) is 0 Å². The first-order valence-electron chi connectivity index (χ1n) is 3.12. The average Bonchev–Trinajstić information content (AvgIpc) is 1.96. The lowest BCUT2D eigenvalue weighted by Crippen LogP contribution is -2.02. The maximum absolute atomic E-state index is 12.6. The van der Waals surface area contributed by atoms with Crippen molar-refractivity contribution < 1.29 is 26.3 Å². The molecular weight excluding hydrogens is 230 g/mol. The summed E-state index contributed by atoms with van der Waals surface area (Å²) in [5.41, 5.74) is -4.79. The highest BCUT2D eigenvalue weighted by Crippen LogP contribution is 2.38. The van der Waals surface area contributed by atoms with E-state index in [1.807, 2.05) is 0 Å². The third-order valence-corrected chi connectivity index (χ3v) is 1.87. The van der Waals surface area contributed by atoms with Crippen molar-refractivity contribution in [2.24, 2.45) is 0 Å². The Morgan fingerprint density at radius 2 is 1.71 bits per heavy atom. The third-order valence-electron chi connectivity index (χ3n) is 1.12. The van der Waals surface area contributed by atoms with Crippen LogP contribution in [0, 0.1) is 23.5 Å². The maximum Gasteiger partial charge on any atom is 0.446 e. The molecule has 0 fully saturated rings. The Labute approximate surface area is 78.9 Å². The minimum Gasteiger partial charge on any atom is -0.206 e. The van der Waals surface area contributed by atoms with Crippen molar-refractivity contribution in [3.05, 3.63) is 29.6 Å². The van der Waals surface area contributed by atoms with E-state index in [2.05, 4.69) is 0 Å². The van der Waals surface area contributed by atoms with Crippen molar-refractivity contribution in [2.45, 2.75) is 10.4 Å². The van der Waals surface area contributed by atoms with Crippen LogP contribution in [0.25, 0.3) is 0 Å². The van der Waals surface area contributed by atoms with Crippen molar-refractivity contribution in [3.8, 4) is 0 Å². The predicted molar refractivity (Wildman–Crippen MR) is 37.1 cm³/mol. The fourth-order valence-corrected chi connectivity index (χ4v) is 1.27. The molecule has 0 aliphatic rings. The molecule has 0 aliphatic carbocycles. The predicted octanol–water partition coefficient (Wildman–Crippen LogP) is 3.52. The van der Waals surface area contributed by atoms with Gasteiger partial charge < -0.3 is 0 Å². The summed E-state index contributed by atoms with van der Waals surface area (Å²) < 4.78 is 72.5. The van der Waals surface area contributed by atoms with Crippen molar-refractivity contribution in [3.63, 3.8) is 0 Å². The summed E-state index contributed by atoms with van der Waals surface area (Å²) in [6.45, 7) is 0. The lowest BCUT2D eigenvalue weighted by atomic mass is 10.3. The zero-order valence-corrected chi connectivity index (χ0v) is 7.07. The van der Waals surface area contributed by atoms with Crippen LogP contribution >= 0.6 is 11.8 Å². The molecule has 0 unspecified atom stereocenters. The molecule has 0 amide bonds. The molecule has 0 aliphatic heterocycles. The Hall–Kier alpha value is -0.850. The van der Waals surface area contributed by atoms with Gasteiger partial charge in [0.1, 0.15) is 5.82 Å². The smallest absolute Gasteiger partial charge is 0.206 e. The van der Waals surface area contributed by atoms with Crippen molar-refractivity contribution in [1.29, 1.82) is 0 Å². The summed E-state index contributed by atoms with van der Waals surface area (Å²) in [4.78, 5) is -1.15. The van der Waals surface area contributed by atoms with E-state index >= 15 is 0 Å². The molecule has 7 heteroatoms. The minimum absolute atomic E-state index is 0.233. The van der Waals surface area contributed by atoms with Gasteiger partial charge in [-0.25, -0.2) is 13.2 Å². The van der Waals surface area contributed by atoms with Gasteiger partial charge in [0, 0.05) is 0 Å². The van der Waals surface area contributed by atoms with Gasteiger partial charge in [0.25, 0.3) is 0 Å². The van der Waals surface area contributed by atoms with Gasteiger partial charge in [-0.15, -0.1) is 0 Å². The van der Waals surface area contributed by atoms with Gasteiger partial charge in [-0.3, -0.25) is 0 Å². The Morgan fingerprint density at radius 3 is 2.21 bits per heavy atom. The zero-order chi connectivity index (χ0) is 10.9. The SMILES string of the molecule is Fc1[c]c(F)c(F)c(SC(F)(F)F)c1. The molecule has 1 rings (SSSR count). The van der Waals surface area contributed by atoms with Gasteiger partial charge >= 0.3 is 5.51 Å². The molecule has 1 radical (unpaired) electrons. The van der Waals surface area contributed by atoms with Crippen LogP contribution < -0.4 is 0 Å². The highest BCUT2D eigenvalue weighted by molar-refractivity contribution is 8.00. The van der Waals surface area contributed by atoms with Gasteiger partial charge in [-0.1, -0.05) is 0 Å². The minimum atomic E-state index is -4.79. The van der Waals surface area contributed by atoms with E-state index in [-0.39, 0.29) is 6.07 Å². The average molecular weight is 231 g/mol. The molecule has 0 atom stereocenters. The van der Waals surface area contributed by atoms with Crippen LogP contribution in [-0.2, 0) is 0 Å². The Kier molecular flexibility index (Phi) is 2.98. The summed E-state index contributed by atoms with van der Waals surface area (Å²) in [5.74, 6) is -4.90. The van der Waals surface area contributed by atoms with Gasteiger partial charge in [0.2, 0.25) is 0 Å². The summed E-state index contributed by atoms with van der Waals surface area (Å²) >= 11 is -0.919. The molecule has 0 N–H and O–H groups in total. The summed E-state index contributed by atoms with van der Waals surface area (Å²) in [7, 11) is 0. The largest absolute Gasteiger partial charge is 0.446 e. The highest BCUT2D eigenvalue weighted by Gasteiger charge is 2.31. The van der Waals surface area contributed by atoms with Gasteiger partial charge in [-0.2, -0.15) is 13.2 Å². The number of hydrogen-bond acceptors (Lipinski definition) is 1. The molecule has 0 saturated heterocycles.